The van der Waals surface area contributed by atoms with E-state index in [2.05, 4.69) is 20.2 Å². The highest BCUT2D eigenvalue weighted by Crippen LogP contribution is 2.17. The number of rotatable bonds is 2. The van der Waals surface area contributed by atoms with E-state index in [4.69, 9.17) is 11.6 Å². The summed E-state index contributed by atoms with van der Waals surface area (Å²) in [6.45, 7) is 0. The van der Waals surface area contributed by atoms with Crippen LogP contribution >= 0.6 is 35.1 Å². The first-order valence-electron chi connectivity index (χ1n) is 6.60. The van der Waals surface area contributed by atoms with Crippen molar-refractivity contribution in [2.45, 2.75) is 10.3 Å². The Hall–Kier alpha value is -1.77. The van der Waals surface area contributed by atoms with Crippen molar-refractivity contribution in [2.75, 3.05) is 12.5 Å². The van der Waals surface area contributed by atoms with Crippen molar-refractivity contribution in [1.29, 1.82) is 0 Å². The average Bonchev–Trinajstić information content (AvgIpc) is 3.23. The molecule has 0 bridgehead atoms. The van der Waals surface area contributed by atoms with Gasteiger partial charge in [0, 0.05) is 12.4 Å². The number of halogens is 1. The summed E-state index contributed by atoms with van der Waals surface area (Å²) in [6, 6.07) is 7.70. The molecule has 0 aromatic carbocycles. The van der Waals surface area contributed by atoms with Crippen molar-refractivity contribution in [3.63, 3.8) is 0 Å². The summed E-state index contributed by atoms with van der Waals surface area (Å²) in [5.74, 6) is 0. The molecule has 118 valence electrons. The van der Waals surface area contributed by atoms with E-state index in [0.717, 1.165) is 16.2 Å². The molecule has 0 fully saturated rings. The van der Waals surface area contributed by atoms with Gasteiger partial charge in [0.2, 0.25) is 10.3 Å². The van der Waals surface area contributed by atoms with Crippen LogP contribution in [-0.2, 0) is 0 Å². The van der Waals surface area contributed by atoms with Crippen LogP contribution in [0.25, 0.3) is 11.0 Å². The van der Waals surface area contributed by atoms with E-state index in [-0.39, 0.29) is 0 Å². The molecule has 6 nitrogen and oxygen atoms in total. The molecule has 0 unspecified atom stereocenters. The molecule has 0 aliphatic heterocycles. The molecule has 0 spiro atoms. The zero-order valence-electron chi connectivity index (χ0n) is 12.4. The van der Waals surface area contributed by atoms with Crippen molar-refractivity contribution in [1.82, 2.24) is 29.2 Å². The summed E-state index contributed by atoms with van der Waals surface area (Å²) < 4.78 is 3.54. The lowest BCUT2D eigenvalue weighted by Crippen LogP contribution is -1.95. The van der Waals surface area contributed by atoms with Gasteiger partial charge in [0.1, 0.15) is 5.52 Å². The summed E-state index contributed by atoms with van der Waals surface area (Å²) in [7, 11) is 0. The van der Waals surface area contributed by atoms with Crippen LogP contribution in [-0.4, -0.2) is 41.7 Å². The Morgan fingerprint density at radius 1 is 0.957 bits per heavy atom. The van der Waals surface area contributed by atoms with Gasteiger partial charge in [-0.1, -0.05) is 35.1 Å². The Morgan fingerprint density at radius 2 is 1.65 bits per heavy atom. The van der Waals surface area contributed by atoms with E-state index >= 15 is 0 Å². The summed E-state index contributed by atoms with van der Waals surface area (Å²) in [5, 5.41) is 10.4. The second-order valence-corrected chi connectivity index (χ2v) is 6.25. The number of fused-ring (bicyclic) bond motifs is 2. The summed E-state index contributed by atoms with van der Waals surface area (Å²) >= 11 is 8.91. The Balaban J connectivity index is 0.000000136. The molecule has 0 N–H and O–H groups in total. The standard InChI is InChI=1S/C7H6ClN3S.C7H7N3S/c1-12-7-9-6(8)5-3-2-4-11(5)10-7;1-11-7-8-5-6-3-2-4-10(6)9-7/h2-4H,1H3;2-5H,1H3. The van der Waals surface area contributed by atoms with Gasteiger partial charge < -0.3 is 0 Å². The highest BCUT2D eigenvalue weighted by atomic mass is 35.5. The van der Waals surface area contributed by atoms with Crippen LogP contribution in [0.3, 0.4) is 0 Å². The largest absolute Gasteiger partial charge is 0.237 e. The monoisotopic (exact) mass is 364 g/mol. The fourth-order valence-electron chi connectivity index (χ4n) is 1.88. The normalized spacial score (nSPS) is 10.7. The van der Waals surface area contributed by atoms with E-state index < -0.39 is 0 Å². The number of thioether (sulfide) groups is 2. The first-order chi connectivity index (χ1) is 11.2. The SMILES string of the molecule is CSc1nc(Cl)c2cccn2n1.CSc1ncc2cccn2n1. The number of aromatic nitrogens is 6. The molecular weight excluding hydrogens is 352 g/mol. The fraction of sp³-hybridized carbons (Fsp3) is 0.143. The minimum atomic E-state index is 0.499. The Bertz CT molecular complexity index is 935. The molecule has 23 heavy (non-hydrogen) atoms. The van der Waals surface area contributed by atoms with Crippen LogP contribution in [0.5, 0.6) is 0 Å². The topological polar surface area (TPSA) is 60.4 Å². The van der Waals surface area contributed by atoms with Crippen LogP contribution in [0.2, 0.25) is 5.15 Å². The van der Waals surface area contributed by atoms with E-state index in [9.17, 15) is 0 Å². The van der Waals surface area contributed by atoms with Crippen LogP contribution in [0, 0.1) is 0 Å². The molecule has 4 rings (SSSR count). The molecule has 4 heterocycles. The van der Waals surface area contributed by atoms with Crippen molar-refractivity contribution in [2.24, 2.45) is 0 Å². The maximum atomic E-state index is 5.90. The quantitative estimate of drug-likeness (QED) is 0.507. The Kier molecular flexibility index (Phi) is 5.04. The van der Waals surface area contributed by atoms with Gasteiger partial charge in [-0.2, -0.15) is 0 Å². The van der Waals surface area contributed by atoms with E-state index in [1.165, 1.54) is 11.8 Å². The summed E-state index contributed by atoms with van der Waals surface area (Å²) in [4.78, 5) is 8.22. The molecule has 9 heteroatoms. The van der Waals surface area contributed by atoms with Crippen LogP contribution in [0.4, 0.5) is 0 Å². The number of nitrogens with zero attached hydrogens (tertiary/aromatic N) is 6. The van der Waals surface area contributed by atoms with Gasteiger partial charge in [0.15, 0.2) is 5.15 Å². The minimum absolute atomic E-state index is 0.499. The Morgan fingerprint density at radius 3 is 2.43 bits per heavy atom. The first-order valence-corrected chi connectivity index (χ1v) is 9.43. The maximum Gasteiger partial charge on any atom is 0.208 e. The predicted molar refractivity (Wildman–Crippen MR) is 94.5 cm³/mol. The molecule has 0 saturated carbocycles. The third-order valence-electron chi connectivity index (χ3n) is 2.95. The molecule has 0 aliphatic carbocycles. The zero-order chi connectivity index (χ0) is 16.2. The van der Waals surface area contributed by atoms with Gasteiger partial charge in [0.05, 0.1) is 11.7 Å². The minimum Gasteiger partial charge on any atom is -0.237 e. The molecule has 0 aliphatic rings. The lowest BCUT2D eigenvalue weighted by Gasteiger charge is -1.98. The van der Waals surface area contributed by atoms with Crippen LogP contribution in [0.1, 0.15) is 0 Å². The van der Waals surface area contributed by atoms with Gasteiger partial charge >= 0.3 is 0 Å². The van der Waals surface area contributed by atoms with Gasteiger partial charge in [0.25, 0.3) is 0 Å². The molecule has 0 atom stereocenters. The van der Waals surface area contributed by atoms with Crippen LogP contribution < -0.4 is 0 Å². The second-order valence-electron chi connectivity index (χ2n) is 4.35. The number of hydrogen-bond acceptors (Lipinski definition) is 6. The molecular formula is C14H13ClN6S2. The number of hydrogen-bond donors (Lipinski definition) is 0. The van der Waals surface area contributed by atoms with Crippen molar-refractivity contribution in [3.8, 4) is 0 Å². The molecule has 4 aromatic heterocycles. The van der Waals surface area contributed by atoms with Crippen molar-refractivity contribution < 1.29 is 0 Å². The Labute approximate surface area is 146 Å². The third-order valence-corrected chi connectivity index (χ3v) is 4.32. The molecule has 0 amide bonds. The smallest absolute Gasteiger partial charge is 0.208 e. The average molecular weight is 365 g/mol. The highest BCUT2D eigenvalue weighted by Gasteiger charge is 2.03. The van der Waals surface area contributed by atoms with Crippen LogP contribution in [0.15, 0.2) is 53.2 Å². The van der Waals surface area contributed by atoms with E-state index in [1.54, 1.807) is 16.3 Å². The highest BCUT2D eigenvalue weighted by molar-refractivity contribution is 7.98. The zero-order valence-corrected chi connectivity index (χ0v) is 14.8. The summed E-state index contributed by atoms with van der Waals surface area (Å²) in [5.41, 5.74) is 1.87. The first kappa shape index (κ1) is 16.1. The molecule has 0 saturated heterocycles. The molecule has 4 aromatic rings. The van der Waals surface area contributed by atoms with Gasteiger partial charge in [-0.15, -0.1) is 10.2 Å². The second kappa shape index (κ2) is 7.20. The third kappa shape index (κ3) is 3.60. The van der Waals surface area contributed by atoms with Crippen molar-refractivity contribution in [3.05, 3.63) is 48.0 Å². The van der Waals surface area contributed by atoms with E-state index in [1.807, 2.05) is 59.9 Å². The molecule has 0 radical (unpaired) electrons. The van der Waals surface area contributed by atoms with Gasteiger partial charge in [-0.25, -0.2) is 19.0 Å². The lowest BCUT2D eigenvalue weighted by atomic mass is 10.5. The fourth-order valence-corrected chi connectivity index (χ4v) is 2.84. The van der Waals surface area contributed by atoms with Gasteiger partial charge in [-0.3, -0.25) is 0 Å². The van der Waals surface area contributed by atoms with Crippen molar-refractivity contribution >= 4 is 46.2 Å². The summed E-state index contributed by atoms with van der Waals surface area (Å²) in [6.07, 6.45) is 9.46. The maximum absolute atomic E-state index is 5.90. The predicted octanol–water partition coefficient (Wildman–Crippen LogP) is 3.56. The lowest BCUT2D eigenvalue weighted by molar-refractivity contribution is 0.799. The van der Waals surface area contributed by atoms with E-state index in [0.29, 0.717) is 10.3 Å². The van der Waals surface area contributed by atoms with Gasteiger partial charge in [-0.05, 0) is 36.8 Å².